The van der Waals surface area contributed by atoms with E-state index >= 15 is 0 Å². The second-order valence-corrected chi connectivity index (χ2v) is 2.84. The Kier molecular flexibility index (Phi) is 2.45. The van der Waals surface area contributed by atoms with Gasteiger partial charge in [-0.15, -0.1) is 0 Å². The summed E-state index contributed by atoms with van der Waals surface area (Å²) in [6.07, 6.45) is 2.76. The second-order valence-electron chi connectivity index (χ2n) is 2.84. The molecule has 0 saturated carbocycles. The highest BCUT2D eigenvalue weighted by Crippen LogP contribution is 2.23. The lowest BCUT2D eigenvalue weighted by Gasteiger charge is -2.05. The Labute approximate surface area is 85.5 Å². The van der Waals surface area contributed by atoms with Gasteiger partial charge >= 0.3 is 0 Å². The van der Waals surface area contributed by atoms with Gasteiger partial charge in [-0.25, -0.2) is 9.37 Å². The summed E-state index contributed by atoms with van der Waals surface area (Å²) < 4.78 is 17.9. The van der Waals surface area contributed by atoms with E-state index in [0.29, 0.717) is 11.4 Å². The van der Waals surface area contributed by atoms with Crippen LogP contribution >= 0.6 is 0 Å². The third-order valence-electron chi connectivity index (χ3n) is 1.73. The predicted octanol–water partition coefficient (Wildman–Crippen LogP) is 1.99. The Balaban J connectivity index is 2.22. The average molecular weight is 205 g/mol. The molecule has 5 heteroatoms. The van der Waals surface area contributed by atoms with Gasteiger partial charge in [0.15, 0.2) is 0 Å². The van der Waals surface area contributed by atoms with E-state index in [9.17, 15) is 4.39 Å². The number of nitrogen functional groups attached to an aromatic ring is 1. The number of nitrogens with zero attached hydrogens (tertiary/aromatic N) is 2. The minimum absolute atomic E-state index is 0.261. The Morgan fingerprint density at radius 1 is 1.20 bits per heavy atom. The summed E-state index contributed by atoms with van der Waals surface area (Å²) in [7, 11) is 0. The minimum atomic E-state index is -0.321. The maximum absolute atomic E-state index is 12.6. The molecule has 76 valence electrons. The molecule has 1 aromatic carbocycles. The molecule has 1 aromatic heterocycles. The smallest absolute Gasteiger partial charge is 0.245 e. The van der Waals surface area contributed by atoms with Crippen molar-refractivity contribution in [2.75, 3.05) is 5.73 Å². The molecule has 15 heavy (non-hydrogen) atoms. The minimum Gasteiger partial charge on any atom is -0.437 e. The van der Waals surface area contributed by atoms with Gasteiger partial charge in [0.05, 0.1) is 6.20 Å². The zero-order chi connectivity index (χ0) is 10.7. The monoisotopic (exact) mass is 205 g/mol. The molecule has 2 N–H and O–H groups in total. The van der Waals surface area contributed by atoms with Crippen LogP contribution in [-0.4, -0.2) is 9.97 Å². The highest BCUT2D eigenvalue weighted by Gasteiger charge is 2.02. The molecule has 0 aliphatic carbocycles. The molecule has 0 unspecified atom stereocenters. The molecule has 2 aromatic rings. The quantitative estimate of drug-likeness (QED) is 0.814. The zero-order valence-electron chi connectivity index (χ0n) is 7.72. The molecular weight excluding hydrogens is 197 g/mol. The predicted molar refractivity (Wildman–Crippen MR) is 52.9 cm³/mol. The fourth-order valence-electron chi connectivity index (χ4n) is 1.03. The van der Waals surface area contributed by atoms with Gasteiger partial charge in [0.25, 0.3) is 0 Å². The van der Waals surface area contributed by atoms with Crippen LogP contribution in [0.1, 0.15) is 0 Å². The normalized spacial score (nSPS) is 9.93. The molecule has 0 atom stereocenters. The van der Waals surface area contributed by atoms with Gasteiger partial charge in [0.1, 0.15) is 23.6 Å². The van der Waals surface area contributed by atoms with Crippen LogP contribution in [0.3, 0.4) is 0 Å². The molecule has 0 fully saturated rings. The van der Waals surface area contributed by atoms with Crippen LogP contribution in [0.25, 0.3) is 0 Å². The lowest BCUT2D eigenvalue weighted by molar-refractivity contribution is 0.462. The van der Waals surface area contributed by atoms with Crippen LogP contribution in [0.15, 0.2) is 36.8 Å². The van der Waals surface area contributed by atoms with E-state index in [1.54, 1.807) is 0 Å². The number of nitrogens with two attached hydrogens (primary N) is 1. The van der Waals surface area contributed by atoms with Crippen LogP contribution in [-0.2, 0) is 0 Å². The summed E-state index contributed by atoms with van der Waals surface area (Å²) in [5.74, 6) is 0.413. The van der Waals surface area contributed by atoms with Crippen molar-refractivity contribution in [3.63, 3.8) is 0 Å². The second kappa shape index (κ2) is 3.91. The summed E-state index contributed by atoms with van der Waals surface area (Å²) in [4.78, 5) is 7.57. The number of ether oxygens (including phenoxy) is 1. The molecular formula is C10H8FN3O. The van der Waals surface area contributed by atoms with E-state index in [1.165, 1.54) is 36.8 Å². The molecule has 0 saturated heterocycles. The summed E-state index contributed by atoms with van der Waals surface area (Å²) >= 11 is 0. The number of hydrogen-bond donors (Lipinski definition) is 1. The van der Waals surface area contributed by atoms with Crippen molar-refractivity contribution in [3.8, 4) is 11.6 Å². The molecule has 4 nitrogen and oxygen atoms in total. The average Bonchev–Trinajstić information content (AvgIpc) is 2.25. The first-order chi connectivity index (χ1) is 7.25. The fourth-order valence-corrected chi connectivity index (χ4v) is 1.03. The highest BCUT2D eigenvalue weighted by atomic mass is 19.1. The van der Waals surface area contributed by atoms with Crippen molar-refractivity contribution < 1.29 is 9.13 Å². The van der Waals surface area contributed by atoms with Crippen molar-refractivity contribution in [2.24, 2.45) is 0 Å². The molecule has 0 aliphatic rings. The summed E-state index contributed by atoms with van der Waals surface area (Å²) in [5, 5.41) is 0. The molecule has 1 heterocycles. The lowest BCUT2D eigenvalue weighted by Crippen LogP contribution is -1.95. The van der Waals surface area contributed by atoms with Crippen molar-refractivity contribution in [3.05, 3.63) is 42.6 Å². The van der Waals surface area contributed by atoms with Crippen molar-refractivity contribution in [1.29, 1.82) is 0 Å². The van der Waals surface area contributed by atoms with Crippen molar-refractivity contribution in [1.82, 2.24) is 9.97 Å². The van der Waals surface area contributed by atoms with E-state index in [0.717, 1.165) is 0 Å². The molecule has 0 aliphatic heterocycles. The SMILES string of the molecule is Nc1cncnc1Oc1ccc(F)cc1. The van der Waals surface area contributed by atoms with Crippen molar-refractivity contribution >= 4 is 5.69 Å². The summed E-state index contributed by atoms with van der Waals surface area (Å²) in [5.41, 5.74) is 5.91. The summed E-state index contributed by atoms with van der Waals surface area (Å²) in [6.45, 7) is 0. The first-order valence-corrected chi connectivity index (χ1v) is 4.24. The maximum atomic E-state index is 12.6. The third-order valence-corrected chi connectivity index (χ3v) is 1.73. The maximum Gasteiger partial charge on any atom is 0.245 e. The van der Waals surface area contributed by atoms with Gasteiger partial charge in [-0.05, 0) is 24.3 Å². The van der Waals surface area contributed by atoms with E-state index in [4.69, 9.17) is 10.5 Å². The van der Waals surface area contributed by atoms with Crippen LogP contribution < -0.4 is 10.5 Å². The zero-order valence-corrected chi connectivity index (χ0v) is 7.72. The third kappa shape index (κ3) is 2.19. The van der Waals surface area contributed by atoms with Crippen LogP contribution in [0.4, 0.5) is 10.1 Å². The first-order valence-electron chi connectivity index (χ1n) is 4.24. The van der Waals surface area contributed by atoms with E-state index in [-0.39, 0.29) is 11.7 Å². The van der Waals surface area contributed by atoms with Gasteiger partial charge in [-0.2, -0.15) is 4.98 Å². The number of aromatic nitrogens is 2. The highest BCUT2D eigenvalue weighted by molar-refractivity contribution is 5.46. The Morgan fingerprint density at radius 3 is 2.60 bits per heavy atom. The molecule has 0 bridgehead atoms. The van der Waals surface area contributed by atoms with Gasteiger partial charge in [0, 0.05) is 0 Å². The Bertz CT molecular complexity index is 458. The number of hydrogen-bond acceptors (Lipinski definition) is 4. The van der Waals surface area contributed by atoms with E-state index in [1.807, 2.05) is 0 Å². The first kappa shape index (κ1) is 9.39. The van der Waals surface area contributed by atoms with Gasteiger partial charge in [-0.3, -0.25) is 0 Å². The molecule has 0 amide bonds. The topological polar surface area (TPSA) is 61.0 Å². The fraction of sp³-hybridized carbons (Fsp3) is 0. The summed E-state index contributed by atoms with van der Waals surface area (Å²) in [6, 6.07) is 5.59. The number of anilines is 1. The molecule has 0 radical (unpaired) electrons. The Hall–Kier alpha value is -2.17. The van der Waals surface area contributed by atoms with Gasteiger partial charge < -0.3 is 10.5 Å². The lowest BCUT2D eigenvalue weighted by atomic mass is 10.3. The largest absolute Gasteiger partial charge is 0.437 e. The van der Waals surface area contributed by atoms with Crippen LogP contribution in [0.2, 0.25) is 0 Å². The van der Waals surface area contributed by atoms with Gasteiger partial charge in [0.2, 0.25) is 5.88 Å². The number of rotatable bonds is 2. The standard InChI is InChI=1S/C10H8FN3O/c11-7-1-3-8(4-2-7)15-10-9(12)5-13-6-14-10/h1-6H,12H2. The van der Waals surface area contributed by atoms with Crippen molar-refractivity contribution in [2.45, 2.75) is 0 Å². The van der Waals surface area contributed by atoms with E-state index in [2.05, 4.69) is 9.97 Å². The van der Waals surface area contributed by atoms with E-state index < -0.39 is 0 Å². The number of halogens is 1. The van der Waals surface area contributed by atoms with Crippen LogP contribution in [0, 0.1) is 5.82 Å². The molecule has 2 rings (SSSR count). The van der Waals surface area contributed by atoms with Gasteiger partial charge in [-0.1, -0.05) is 0 Å². The van der Waals surface area contributed by atoms with Crippen LogP contribution in [0.5, 0.6) is 11.6 Å². The molecule has 0 spiro atoms. The Morgan fingerprint density at radius 2 is 1.93 bits per heavy atom. The number of benzene rings is 1.